The molecule has 1 aliphatic heterocycles. The minimum absolute atomic E-state index is 0.0235. The Morgan fingerprint density at radius 2 is 2.07 bits per heavy atom. The molecule has 0 spiro atoms. The van der Waals surface area contributed by atoms with Gasteiger partial charge in [0, 0.05) is 23.8 Å². The Balaban J connectivity index is 1.23. The standard InChI is InChI=1S/C33H40N2O6/c1-5-8-28-40-27-16-22-21-12-11-19-15-20(36)13-14-31(19,2)29(21)25(37)17-32(22,3)33(27,41-28)26(38)18-39-30-34-23-9-6-7-10-24(23)35(30)4/h6-7,9-10,13-15,21-22,25,27-29,37H,5,8,11-12,16-18H2,1-4H3/t21?,22?,25?,27-,28-,29?,31?,32?,33-/m1/s1. The zero-order valence-electron chi connectivity index (χ0n) is 24.3. The van der Waals surface area contributed by atoms with E-state index in [1.807, 2.05) is 42.0 Å². The van der Waals surface area contributed by atoms with E-state index in [0.717, 1.165) is 35.9 Å². The Hall–Kier alpha value is -2.81. The monoisotopic (exact) mass is 560 g/mol. The predicted octanol–water partition coefficient (Wildman–Crippen LogP) is 4.69. The van der Waals surface area contributed by atoms with Crippen molar-refractivity contribution in [3.05, 3.63) is 48.1 Å². The van der Waals surface area contributed by atoms with Gasteiger partial charge in [-0.25, -0.2) is 0 Å². The van der Waals surface area contributed by atoms with Crippen LogP contribution < -0.4 is 4.74 Å². The molecule has 2 heterocycles. The number of aromatic nitrogens is 2. The van der Waals surface area contributed by atoms with Crippen molar-refractivity contribution in [3.8, 4) is 6.01 Å². The van der Waals surface area contributed by atoms with E-state index in [1.165, 1.54) is 0 Å². The minimum atomic E-state index is -1.20. The summed E-state index contributed by atoms with van der Waals surface area (Å²) in [6.45, 7) is 6.20. The number of fused-ring (bicyclic) bond motifs is 8. The second-order valence-corrected chi connectivity index (χ2v) is 13.3. The van der Waals surface area contributed by atoms with E-state index < -0.39 is 29.5 Å². The predicted molar refractivity (Wildman–Crippen MR) is 152 cm³/mol. The van der Waals surface area contributed by atoms with E-state index in [1.54, 1.807) is 12.2 Å². The number of imidazole rings is 1. The molecule has 3 saturated carbocycles. The van der Waals surface area contributed by atoms with Gasteiger partial charge in [0.2, 0.25) is 5.78 Å². The summed E-state index contributed by atoms with van der Waals surface area (Å²) >= 11 is 0. The van der Waals surface area contributed by atoms with Crippen molar-refractivity contribution in [2.45, 2.75) is 83.4 Å². The molecule has 4 fully saturated rings. The summed E-state index contributed by atoms with van der Waals surface area (Å²) in [7, 11) is 1.88. The first kappa shape index (κ1) is 27.0. The zero-order chi connectivity index (χ0) is 28.7. The summed E-state index contributed by atoms with van der Waals surface area (Å²) in [4.78, 5) is 31.2. The maximum atomic E-state index is 14.4. The fraction of sp³-hybridized carbons (Fsp3) is 0.606. The molecule has 218 valence electrons. The number of benzene rings is 1. The summed E-state index contributed by atoms with van der Waals surface area (Å²) < 4.78 is 21.2. The van der Waals surface area contributed by atoms with Crippen LogP contribution in [0.5, 0.6) is 6.01 Å². The quantitative estimate of drug-likeness (QED) is 0.547. The second-order valence-electron chi connectivity index (χ2n) is 13.3. The smallest absolute Gasteiger partial charge is 0.297 e. The molecule has 0 bridgehead atoms. The van der Waals surface area contributed by atoms with Crippen molar-refractivity contribution < 1.29 is 28.9 Å². The van der Waals surface area contributed by atoms with E-state index >= 15 is 0 Å². The summed E-state index contributed by atoms with van der Waals surface area (Å²) in [5.41, 5.74) is 0.653. The molecule has 7 rings (SSSR count). The van der Waals surface area contributed by atoms with Gasteiger partial charge in [0.15, 0.2) is 24.3 Å². The van der Waals surface area contributed by atoms with Crippen LogP contribution in [0.3, 0.4) is 0 Å². The molecule has 0 amide bonds. The third kappa shape index (κ3) is 3.66. The molecule has 0 radical (unpaired) electrons. The molecule has 9 atom stereocenters. The second kappa shape index (κ2) is 9.35. The van der Waals surface area contributed by atoms with Gasteiger partial charge in [0.05, 0.1) is 23.2 Å². The Kier molecular flexibility index (Phi) is 6.17. The third-order valence-corrected chi connectivity index (χ3v) is 11.3. The highest BCUT2D eigenvalue weighted by Crippen LogP contribution is 2.69. The highest BCUT2D eigenvalue weighted by molar-refractivity contribution is 6.01. The molecule has 8 heteroatoms. The number of aliphatic hydroxyl groups excluding tert-OH is 1. The molecule has 1 N–H and O–H groups in total. The zero-order valence-corrected chi connectivity index (χ0v) is 24.3. The van der Waals surface area contributed by atoms with Crippen LogP contribution in [0.2, 0.25) is 0 Å². The van der Waals surface area contributed by atoms with Gasteiger partial charge < -0.3 is 19.3 Å². The lowest BCUT2D eigenvalue weighted by atomic mass is 9.46. The fourth-order valence-electron chi connectivity index (χ4n) is 9.50. The number of carbonyl (C=O) groups is 2. The lowest BCUT2D eigenvalue weighted by Gasteiger charge is -2.59. The minimum Gasteiger partial charge on any atom is -0.457 e. The maximum absolute atomic E-state index is 14.4. The number of Topliss-reactive ketones (excluding diaryl/α,β-unsaturated/α-hetero) is 1. The van der Waals surface area contributed by atoms with Crippen molar-refractivity contribution in [1.29, 1.82) is 0 Å². The molecule has 41 heavy (non-hydrogen) atoms. The maximum Gasteiger partial charge on any atom is 0.297 e. The van der Waals surface area contributed by atoms with Crippen LogP contribution in [-0.4, -0.2) is 56.9 Å². The number of allylic oxidation sites excluding steroid dienone is 4. The molecule has 2 aromatic rings. The number of rotatable bonds is 6. The molecule has 5 aliphatic rings. The average Bonchev–Trinajstić information content (AvgIpc) is 3.55. The summed E-state index contributed by atoms with van der Waals surface area (Å²) in [6.07, 6.45) is 8.34. The van der Waals surface area contributed by atoms with Crippen LogP contribution in [0.1, 0.15) is 59.3 Å². The number of para-hydroxylation sites is 2. The number of aliphatic hydroxyl groups is 1. The van der Waals surface area contributed by atoms with E-state index in [9.17, 15) is 14.7 Å². The molecule has 4 aliphatic carbocycles. The molecular formula is C33H40N2O6. The molecule has 1 saturated heterocycles. The van der Waals surface area contributed by atoms with Gasteiger partial charge in [-0.3, -0.25) is 14.2 Å². The van der Waals surface area contributed by atoms with E-state index in [2.05, 4.69) is 25.8 Å². The van der Waals surface area contributed by atoms with E-state index in [4.69, 9.17) is 14.2 Å². The van der Waals surface area contributed by atoms with Gasteiger partial charge in [-0.05, 0) is 68.2 Å². The molecule has 1 aromatic carbocycles. The molecule has 8 nitrogen and oxygen atoms in total. The third-order valence-electron chi connectivity index (χ3n) is 11.3. The van der Waals surface area contributed by atoms with Crippen molar-refractivity contribution in [2.75, 3.05) is 6.61 Å². The first-order valence-corrected chi connectivity index (χ1v) is 15.2. The molecular weight excluding hydrogens is 520 g/mol. The van der Waals surface area contributed by atoms with Gasteiger partial charge in [-0.1, -0.05) is 51.0 Å². The van der Waals surface area contributed by atoms with Crippen LogP contribution >= 0.6 is 0 Å². The Bertz CT molecular complexity index is 1480. The fourth-order valence-corrected chi connectivity index (χ4v) is 9.50. The number of ketones is 2. The van der Waals surface area contributed by atoms with Gasteiger partial charge >= 0.3 is 0 Å². The lowest BCUT2D eigenvalue weighted by molar-refractivity contribution is -0.200. The molecule has 1 aromatic heterocycles. The topological polar surface area (TPSA) is 99.9 Å². The van der Waals surface area contributed by atoms with Crippen molar-refractivity contribution in [2.24, 2.45) is 35.6 Å². The van der Waals surface area contributed by atoms with Crippen LogP contribution in [0.25, 0.3) is 11.0 Å². The number of hydrogen-bond donors (Lipinski definition) is 1. The number of aryl methyl sites for hydroxylation is 1. The van der Waals surface area contributed by atoms with Gasteiger partial charge in [0.25, 0.3) is 6.01 Å². The number of carbonyl (C=O) groups excluding carboxylic acids is 2. The summed E-state index contributed by atoms with van der Waals surface area (Å²) in [6, 6.07) is 8.16. The molecule has 6 unspecified atom stereocenters. The highest BCUT2D eigenvalue weighted by Gasteiger charge is 2.75. The van der Waals surface area contributed by atoms with Gasteiger partial charge in [-0.15, -0.1) is 0 Å². The number of nitrogens with zero attached hydrogens (tertiary/aromatic N) is 2. The van der Waals surface area contributed by atoms with Crippen LogP contribution in [0, 0.1) is 28.6 Å². The summed E-state index contributed by atoms with van der Waals surface area (Å²) in [5, 5.41) is 11.9. The Morgan fingerprint density at radius 3 is 2.85 bits per heavy atom. The van der Waals surface area contributed by atoms with Crippen molar-refractivity contribution >= 4 is 22.6 Å². The first-order chi connectivity index (χ1) is 19.6. The van der Waals surface area contributed by atoms with E-state index in [0.29, 0.717) is 25.3 Å². The SMILES string of the molecule is CCC[C@@H]1O[C@@H]2CC3C4CCC5=CC(=O)C=CC5(C)C4C(O)CC3(C)[C@]2(C(=O)COc2nc3ccccc3n2C)O1. The lowest BCUT2D eigenvalue weighted by Crippen LogP contribution is -2.63. The average molecular weight is 561 g/mol. The van der Waals surface area contributed by atoms with Gasteiger partial charge in [-0.2, -0.15) is 4.98 Å². The Morgan fingerprint density at radius 1 is 1.27 bits per heavy atom. The number of ether oxygens (including phenoxy) is 3. The van der Waals surface area contributed by atoms with Crippen molar-refractivity contribution in [3.63, 3.8) is 0 Å². The van der Waals surface area contributed by atoms with Crippen LogP contribution in [0.15, 0.2) is 48.1 Å². The van der Waals surface area contributed by atoms with Crippen LogP contribution in [-0.2, 0) is 26.1 Å². The largest absolute Gasteiger partial charge is 0.457 e. The normalized spacial score (nSPS) is 41.0. The van der Waals surface area contributed by atoms with Gasteiger partial charge in [0.1, 0.15) is 0 Å². The van der Waals surface area contributed by atoms with E-state index in [-0.39, 0.29) is 41.3 Å². The van der Waals surface area contributed by atoms with Crippen LogP contribution in [0.4, 0.5) is 0 Å². The Labute approximate surface area is 240 Å². The van der Waals surface area contributed by atoms with Crippen molar-refractivity contribution in [1.82, 2.24) is 9.55 Å². The first-order valence-electron chi connectivity index (χ1n) is 15.2. The summed E-state index contributed by atoms with van der Waals surface area (Å²) in [5.74, 6) is 0.160. The highest BCUT2D eigenvalue weighted by atomic mass is 16.7. The number of hydrogen-bond acceptors (Lipinski definition) is 7.